The topological polar surface area (TPSA) is 64.4 Å². The number of hydrogen-bond donors (Lipinski definition) is 1. The van der Waals surface area contributed by atoms with E-state index < -0.39 is 12.1 Å². The molecule has 4 rings (SSSR count). The van der Waals surface area contributed by atoms with Gasteiger partial charge in [0.15, 0.2) is 4.88 Å². The Bertz CT molecular complexity index is 1240. The standard InChI is InChI=1S/C23H19ClN2O3S/c1-3-6-15-9-10-18-19(11-15)26(13-25-18)21-12-20(22(30-21)23(27)28)29-14(2)16-7-4-5-8-17(16)24/h3-5,7-14H,1,6H2,2H3,(H,27,28)/t14-/m1/s1. The average molecular weight is 439 g/mol. The normalized spacial score (nSPS) is 12.1. The number of carboxylic acids is 1. The number of benzene rings is 2. The molecule has 0 amide bonds. The van der Waals surface area contributed by atoms with Crippen molar-refractivity contribution in [3.8, 4) is 10.8 Å². The zero-order valence-electron chi connectivity index (χ0n) is 16.2. The Morgan fingerprint density at radius 2 is 2.13 bits per heavy atom. The molecule has 0 aliphatic carbocycles. The highest BCUT2D eigenvalue weighted by Gasteiger charge is 2.22. The molecule has 4 aromatic rings. The van der Waals surface area contributed by atoms with Crippen molar-refractivity contribution in [2.24, 2.45) is 0 Å². The fourth-order valence-electron chi connectivity index (χ4n) is 3.30. The van der Waals surface area contributed by atoms with Gasteiger partial charge in [-0.25, -0.2) is 9.78 Å². The van der Waals surface area contributed by atoms with Crippen molar-refractivity contribution in [2.75, 3.05) is 0 Å². The van der Waals surface area contributed by atoms with Crippen LogP contribution in [0, 0.1) is 0 Å². The number of carbonyl (C=O) groups is 1. The number of halogens is 1. The number of allylic oxidation sites excluding steroid dienone is 1. The molecule has 0 unspecified atom stereocenters. The second-order valence-electron chi connectivity index (χ2n) is 6.80. The number of carboxylic acid groups (broad SMARTS) is 1. The van der Waals surface area contributed by atoms with Crippen LogP contribution in [0.4, 0.5) is 0 Å². The Morgan fingerprint density at radius 3 is 2.87 bits per heavy atom. The lowest BCUT2D eigenvalue weighted by Crippen LogP contribution is -2.06. The first kappa shape index (κ1) is 20.2. The van der Waals surface area contributed by atoms with E-state index >= 15 is 0 Å². The van der Waals surface area contributed by atoms with Crippen LogP contribution in [-0.2, 0) is 6.42 Å². The van der Waals surface area contributed by atoms with Gasteiger partial charge in [-0.1, -0.05) is 41.9 Å². The lowest BCUT2D eigenvalue weighted by atomic mass is 10.1. The number of aromatic nitrogens is 2. The average Bonchev–Trinajstić information content (AvgIpc) is 3.32. The highest BCUT2D eigenvalue weighted by Crippen LogP contribution is 2.37. The molecule has 0 aliphatic rings. The van der Waals surface area contributed by atoms with Crippen LogP contribution in [0.25, 0.3) is 16.0 Å². The number of nitrogens with zero attached hydrogens (tertiary/aromatic N) is 2. The molecule has 0 fully saturated rings. The van der Waals surface area contributed by atoms with E-state index in [4.69, 9.17) is 16.3 Å². The van der Waals surface area contributed by atoms with Crippen LogP contribution < -0.4 is 4.74 Å². The maximum atomic E-state index is 11.9. The van der Waals surface area contributed by atoms with Gasteiger partial charge in [0.25, 0.3) is 0 Å². The molecule has 2 aromatic carbocycles. The van der Waals surface area contributed by atoms with Crippen LogP contribution in [0.15, 0.2) is 67.5 Å². The van der Waals surface area contributed by atoms with E-state index in [0.29, 0.717) is 15.8 Å². The summed E-state index contributed by atoms with van der Waals surface area (Å²) in [5.41, 5.74) is 3.64. The summed E-state index contributed by atoms with van der Waals surface area (Å²) in [6, 6.07) is 15.1. The smallest absolute Gasteiger partial charge is 0.349 e. The minimum atomic E-state index is -1.04. The van der Waals surface area contributed by atoms with Gasteiger partial charge >= 0.3 is 5.97 Å². The highest BCUT2D eigenvalue weighted by atomic mass is 35.5. The van der Waals surface area contributed by atoms with Gasteiger partial charge in [0, 0.05) is 16.7 Å². The van der Waals surface area contributed by atoms with Crippen LogP contribution in [0.1, 0.15) is 33.8 Å². The van der Waals surface area contributed by atoms with Gasteiger partial charge in [0.05, 0.1) is 11.0 Å². The number of hydrogen-bond acceptors (Lipinski definition) is 4. The van der Waals surface area contributed by atoms with Gasteiger partial charge in [-0.15, -0.1) is 17.9 Å². The predicted molar refractivity (Wildman–Crippen MR) is 120 cm³/mol. The molecule has 30 heavy (non-hydrogen) atoms. The van der Waals surface area contributed by atoms with Crippen molar-refractivity contribution >= 4 is 39.9 Å². The van der Waals surface area contributed by atoms with Crippen LogP contribution in [0.5, 0.6) is 5.75 Å². The quantitative estimate of drug-likeness (QED) is 0.343. The SMILES string of the molecule is C=CCc1ccc2ncn(-c3cc(O[C@H](C)c4ccccc4Cl)c(C(=O)O)s3)c2c1. The number of thiophene rings is 1. The van der Waals surface area contributed by atoms with Crippen LogP contribution in [0.3, 0.4) is 0 Å². The molecule has 152 valence electrons. The van der Waals surface area contributed by atoms with Gasteiger partial charge in [-0.3, -0.25) is 4.57 Å². The van der Waals surface area contributed by atoms with E-state index in [1.54, 1.807) is 18.5 Å². The fourth-order valence-corrected chi connectivity index (χ4v) is 4.50. The largest absolute Gasteiger partial charge is 0.484 e. The van der Waals surface area contributed by atoms with Crippen molar-refractivity contribution in [3.63, 3.8) is 0 Å². The summed E-state index contributed by atoms with van der Waals surface area (Å²) in [6.45, 7) is 5.63. The Labute approximate surface area is 182 Å². The van der Waals surface area contributed by atoms with Gasteiger partial charge in [-0.05, 0) is 37.1 Å². The minimum Gasteiger partial charge on any atom is -0.484 e. The van der Waals surface area contributed by atoms with Crippen molar-refractivity contribution < 1.29 is 14.6 Å². The van der Waals surface area contributed by atoms with Crippen LogP contribution >= 0.6 is 22.9 Å². The van der Waals surface area contributed by atoms with Gasteiger partial charge in [-0.2, -0.15) is 0 Å². The summed E-state index contributed by atoms with van der Waals surface area (Å²) in [6.07, 6.45) is 3.88. The second kappa shape index (κ2) is 8.34. The lowest BCUT2D eigenvalue weighted by molar-refractivity contribution is 0.0696. The molecular weight excluding hydrogens is 420 g/mol. The molecule has 7 heteroatoms. The fraction of sp³-hybridized carbons (Fsp3) is 0.130. The van der Waals surface area contributed by atoms with Gasteiger partial charge in [0.2, 0.25) is 0 Å². The molecule has 0 saturated carbocycles. The van der Waals surface area contributed by atoms with E-state index in [2.05, 4.69) is 11.6 Å². The highest BCUT2D eigenvalue weighted by molar-refractivity contribution is 7.16. The molecule has 2 heterocycles. The molecule has 1 N–H and O–H groups in total. The third-order valence-electron chi connectivity index (χ3n) is 4.76. The third-order valence-corrected chi connectivity index (χ3v) is 6.20. The van der Waals surface area contributed by atoms with E-state index in [9.17, 15) is 9.90 Å². The Morgan fingerprint density at radius 1 is 1.33 bits per heavy atom. The molecule has 1 atom stereocenters. The molecule has 0 radical (unpaired) electrons. The number of aromatic carboxylic acids is 1. The van der Waals surface area contributed by atoms with E-state index in [1.165, 1.54) is 0 Å². The van der Waals surface area contributed by atoms with E-state index in [0.717, 1.165) is 39.9 Å². The summed E-state index contributed by atoms with van der Waals surface area (Å²) in [5, 5.41) is 11.0. The number of ether oxygens (including phenoxy) is 1. The van der Waals surface area contributed by atoms with Gasteiger partial charge < -0.3 is 9.84 Å². The molecule has 0 spiro atoms. The Balaban J connectivity index is 1.74. The lowest BCUT2D eigenvalue weighted by Gasteiger charge is -2.15. The summed E-state index contributed by atoms with van der Waals surface area (Å²) in [7, 11) is 0. The van der Waals surface area contributed by atoms with Gasteiger partial charge in [0.1, 0.15) is 23.2 Å². The first-order valence-electron chi connectivity index (χ1n) is 9.33. The Kier molecular flexibility index (Phi) is 5.61. The van der Waals surface area contributed by atoms with E-state index in [1.807, 2.05) is 54.0 Å². The summed E-state index contributed by atoms with van der Waals surface area (Å²) in [5.74, 6) is -0.733. The number of rotatable bonds is 7. The zero-order valence-corrected chi connectivity index (χ0v) is 17.8. The number of fused-ring (bicyclic) bond motifs is 1. The molecule has 2 aromatic heterocycles. The van der Waals surface area contributed by atoms with Crippen molar-refractivity contribution in [3.05, 3.63) is 88.5 Å². The monoisotopic (exact) mass is 438 g/mol. The maximum absolute atomic E-state index is 11.9. The minimum absolute atomic E-state index is 0.132. The number of imidazole rings is 1. The zero-order chi connectivity index (χ0) is 21.3. The summed E-state index contributed by atoms with van der Waals surface area (Å²) >= 11 is 7.41. The predicted octanol–water partition coefficient (Wildman–Crippen LogP) is 6.31. The second-order valence-corrected chi connectivity index (χ2v) is 8.23. The van der Waals surface area contributed by atoms with Crippen LogP contribution in [-0.4, -0.2) is 20.6 Å². The molecule has 5 nitrogen and oxygen atoms in total. The van der Waals surface area contributed by atoms with Crippen molar-refractivity contribution in [2.45, 2.75) is 19.4 Å². The molecule has 0 bridgehead atoms. The molecule has 0 saturated heterocycles. The van der Waals surface area contributed by atoms with Crippen molar-refractivity contribution in [1.82, 2.24) is 9.55 Å². The molecule has 0 aliphatic heterocycles. The third kappa shape index (κ3) is 3.84. The summed E-state index contributed by atoms with van der Waals surface area (Å²) < 4.78 is 7.91. The first-order valence-corrected chi connectivity index (χ1v) is 10.5. The first-order chi connectivity index (χ1) is 14.5. The van der Waals surface area contributed by atoms with E-state index in [-0.39, 0.29) is 4.88 Å². The van der Waals surface area contributed by atoms with Crippen molar-refractivity contribution in [1.29, 1.82) is 0 Å². The van der Waals surface area contributed by atoms with Crippen LogP contribution in [0.2, 0.25) is 5.02 Å². The Hall–Kier alpha value is -3.09. The molecular formula is C23H19ClN2O3S. The summed E-state index contributed by atoms with van der Waals surface area (Å²) in [4.78, 5) is 16.4. The maximum Gasteiger partial charge on any atom is 0.349 e.